The van der Waals surface area contributed by atoms with Crippen LogP contribution in [0.3, 0.4) is 0 Å². The van der Waals surface area contributed by atoms with Crippen LogP contribution in [0.1, 0.15) is 13.3 Å². The maximum atomic E-state index is 5.92. The van der Waals surface area contributed by atoms with Crippen molar-refractivity contribution in [2.24, 2.45) is 5.73 Å². The van der Waals surface area contributed by atoms with Gasteiger partial charge in [0, 0.05) is 26.2 Å². The van der Waals surface area contributed by atoms with Crippen molar-refractivity contribution in [1.29, 1.82) is 0 Å². The fourth-order valence-corrected chi connectivity index (χ4v) is 2.13. The third kappa shape index (κ3) is 2.65. The molecule has 4 N–H and O–H groups in total. The molecule has 1 aromatic heterocycles. The van der Waals surface area contributed by atoms with E-state index in [1.165, 1.54) is 0 Å². The molecule has 100 valence electrons. The fraction of sp³-hybridized carbons (Fsp3) is 0.583. The first-order chi connectivity index (χ1) is 8.61. The molecule has 2 rings (SSSR count). The van der Waals surface area contributed by atoms with E-state index in [-0.39, 0.29) is 6.04 Å². The lowest BCUT2D eigenvalue weighted by molar-refractivity contribution is 0.133. The molecular weight excluding hydrogens is 230 g/mol. The third-order valence-corrected chi connectivity index (χ3v) is 3.06. The van der Waals surface area contributed by atoms with Crippen LogP contribution >= 0.6 is 0 Å². The first-order valence-electron chi connectivity index (χ1n) is 6.25. The largest absolute Gasteiger partial charge is 0.396 e. The van der Waals surface area contributed by atoms with Gasteiger partial charge in [0.25, 0.3) is 0 Å². The highest BCUT2D eigenvalue weighted by atomic mass is 16.7. The van der Waals surface area contributed by atoms with E-state index < -0.39 is 0 Å². The molecule has 1 fully saturated rings. The molecule has 0 bridgehead atoms. The van der Waals surface area contributed by atoms with Crippen molar-refractivity contribution >= 4 is 17.3 Å². The van der Waals surface area contributed by atoms with Crippen molar-refractivity contribution in [2.45, 2.75) is 19.4 Å². The van der Waals surface area contributed by atoms with Gasteiger partial charge in [0.15, 0.2) is 5.82 Å². The van der Waals surface area contributed by atoms with Crippen molar-refractivity contribution in [3.8, 4) is 0 Å². The Bertz CT molecular complexity index is 411. The highest BCUT2D eigenvalue weighted by Crippen LogP contribution is 2.25. The summed E-state index contributed by atoms with van der Waals surface area (Å²) in [6.45, 7) is 4.29. The van der Waals surface area contributed by atoms with Crippen LogP contribution in [0.5, 0.6) is 0 Å². The molecule has 1 atom stereocenters. The monoisotopic (exact) mass is 251 g/mol. The molecule has 1 aliphatic heterocycles. The first kappa shape index (κ1) is 12.9. The van der Waals surface area contributed by atoms with Crippen molar-refractivity contribution in [2.75, 3.05) is 42.4 Å². The molecule has 18 heavy (non-hydrogen) atoms. The number of aromatic nitrogens is 1. The SMILES string of the molecule is CCON(C)c1nc(N2CCC(N)C2)ccc1N. The molecule has 6 heteroatoms. The van der Waals surface area contributed by atoms with Crippen LogP contribution in [-0.4, -0.2) is 37.8 Å². The molecule has 2 heterocycles. The second-order valence-electron chi connectivity index (χ2n) is 4.49. The van der Waals surface area contributed by atoms with Crippen LogP contribution in [0.25, 0.3) is 0 Å². The van der Waals surface area contributed by atoms with Crippen molar-refractivity contribution in [1.82, 2.24) is 4.98 Å². The summed E-state index contributed by atoms with van der Waals surface area (Å²) in [6.07, 6.45) is 1.00. The quantitative estimate of drug-likeness (QED) is 0.762. The van der Waals surface area contributed by atoms with Crippen LogP contribution < -0.4 is 21.4 Å². The van der Waals surface area contributed by atoms with Gasteiger partial charge in [0.2, 0.25) is 0 Å². The number of pyridine rings is 1. The van der Waals surface area contributed by atoms with Crippen molar-refractivity contribution in [3.05, 3.63) is 12.1 Å². The number of hydroxylamine groups is 1. The zero-order valence-electron chi connectivity index (χ0n) is 11.0. The molecule has 0 aliphatic carbocycles. The summed E-state index contributed by atoms with van der Waals surface area (Å²) in [5, 5.41) is 1.61. The minimum absolute atomic E-state index is 0.234. The van der Waals surface area contributed by atoms with E-state index in [9.17, 15) is 0 Å². The van der Waals surface area contributed by atoms with Gasteiger partial charge in [0.05, 0.1) is 12.3 Å². The topological polar surface area (TPSA) is 80.6 Å². The van der Waals surface area contributed by atoms with Gasteiger partial charge in [-0.2, -0.15) is 0 Å². The summed E-state index contributed by atoms with van der Waals surface area (Å²) in [6, 6.07) is 4.02. The normalized spacial score (nSPS) is 19.3. The second-order valence-corrected chi connectivity index (χ2v) is 4.49. The van der Waals surface area contributed by atoms with Gasteiger partial charge >= 0.3 is 0 Å². The Morgan fingerprint density at radius 2 is 2.33 bits per heavy atom. The van der Waals surface area contributed by atoms with Gasteiger partial charge in [0.1, 0.15) is 5.82 Å². The van der Waals surface area contributed by atoms with Crippen LogP contribution in [-0.2, 0) is 4.84 Å². The smallest absolute Gasteiger partial charge is 0.177 e. The molecule has 0 aromatic carbocycles. The van der Waals surface area contributed by atoms with Gasteiger partial charge in [-0.1, -0.05) is 0 Å². The number of hydrogen-bond donors (Lipinski definition) is 2. The molecule has 0 saturated carbocycles. The summed E-state index contributed by atoms with van der Waals surface area (Å²) < 4.78 is 0. The maximum Gasteiger partial charge on any atom is 0.177 e. The number of nitrogens with two attached hydrogens (primary N) is 2. The second kappa shape index (κ2) is 5.41. The predicted molar refractivity (Wildman–Crippen MR) is 73.5 cm³/mol. The van der Waals surface area contributed by atoms with Crippen LogP contribution in [0, 0.1) is 0 Å². The summed E-state index contributed by atoms with van der Waals surface area (Å²) >= 11 is 0. The van der Waals surface area contributed by atoms with Gasteiger partial charge < -0.3 is 16.4 Å². The third-order valence-electron chi connectivity index (χ3n) is 3.06. The zero-order chi connectivity index (χ0) is 13.1. The Hall–Kier alpha value is -1.53. The summed E-state index contributed by atoms with van der Waals surface area (Å²) in [5.74, 6) is 1.55. The lowest BCUT2D eigenvalue weighted by atomic mass is 10.3. The summed E-state index contributed by atoms with van der Waals surface area (Å²) in [5.41, 5.74) is 12.4. The molecule has 6 nitrogen and oxygen atoms in total. The highest BCUT2D eigenvalue weighted by molar-refractivity contribution is 5.65. The minimum atomic E-state index is 0.234. The number of hydrogen-bond acceptors (Lipinski definition) is 6. The molecule has 1 unspecified atom stereocenters. The number of anilines is 3. The predicted octanol–water partition coefficient (Wildman–Crippen LogP) is 0.589. The number of rotatable bonds is 4. The van der Waals surface area contributed by atoms with Crippen LogP contribution in [0.15, 0.2) is 12.1 Å². The lowest BCUT2D eigenvalue weighted by Gasteiger charge is -2.22. The van der Waals surface area contributed by atoms with Gasteiger partial charge in [-0.25, -0.2) is 10.0 Å². The number of nitrogens with zero attached hydrogens (tertiary/aromatic N) is 3. The minimum Gasteiger partial charge on any atom is -0.396 e. The van der Waals surface area contributed by atoms with Crippen LogP contribution in [0.4, 0.5) is 17.3 Å². The van der Waals surface area contributed by atoms with Crippen molar-refractivity contribution in [3.63, 3.8) is 0 Å². The molecule has 1 aliphatic rings. The lowest BCUT2D eigenvalue weighted by Crippen LogP contribution is -2.27. The Morgan fingerprint density at radius 1 is 1.56 bits per heavy atom. The summed E-state index contributed by atoms with van der Waals surface area (Å²) in [4.78, 5) is 12.1. The Kier molecular flexibility index (Phi) is 3.88. The van der Waals surface area contributed by atoms with E-state index in [1.807, 2.05) is 26.1 Å². The Balaban J connectivity index is 2.20. The van der Waals surface area contributed by atoms with E-state index in [1.54, 1.807) is 5.06 Å². The Labute approximate surface area is 107 Å². The Morgan fingerprint density at radius 3 is 2.94 bits per heavy atom. The van der Waals surface area contributed by atoms with E-state index in [0.29, 0.717) is 18.1 Å². The van der Waals surface area contributed by atoms with Gasteiger partial charge in [-0.3, -0.25) is 4.84 Å². The summed E-state index contributed by atoms with van der Waals surface area (Å²) in [7, 11) is 1.81. The fourth-order valence-electron chi connectivity index (χ4n) is 2.13. The maximum absolute atomic E-state index is 5.92. The molecule has 1 aromatic rings. The molecule has 0 radical (unpaired) electrons. The molecule has 1 saturated heterocycles. The highest BCUT2D eigenvalue weighted by Gasteiger charge is 2.21. The van der Waals surface area contributed by atoms with E-state index in [4.69, 9.17) is 16.3 Å². The van der Waals surface area contributed by atoms with Gasteiger partial charge in [-0.15, -0.1) is 0 Å². The average Bonchev–Trinajstić information content (AvgIpc) is 2.77. The van der Waals surface area contributed by atoms with E-state index in [2.05, 4.69) is 9.88 Å². The molecule has 0 spiro atoms. The van der Waals surface area contributed by atoms with Gasteiger partial charge in [-0.05, 0) is 25.5 Å². The van der Waals surface area contributed by atoms with Crippen molar-refractivity contribution < 1.29 is 4.84 Å². The first-order valence-corrected chi connectivity index (χ1v) is 6.25. The standard InChI is InChI=1S/C12H21N5O/c1-3-18-16(2)12-10(14)4-5-11(15-12)17-7-6-9(13)8-17/h4-5,9H,3,6-8,13-14H2,1-2H3. The number of nitrogen functional groups attached to an aromatic ring is 1. The van der Waals surface area contributed by atoms with Crippen LogP contribution in [0.2, 0.25) is 0 Å². The molecular formula is C12H21N5O. The average molecular weight is 251 g/mol. The van der Waals surface area contributed by atoms with E-state index >= 15 is 0 Å². The zero-order valence-corrected chi connectivity index (χ0v) is 11.0. The molecule has 0 amide bonds. The van der Waals surface area contributed by atoms with E-state index in [0.717, 1.165) is 25.3 Å².